The van der Waals surface area contributed by atoms with Gasteiger partial charge in [-0.25, -0.2) is 0 Å². The maximum absolute atomic E-state index is 13.1. The average Bonchev–Trinajstić information content (AvgIpc) is 3.49. The van der Waals surface area contributed by atoms with Gasteiger partial charge in [-0.15, -0.1) is 10.2 Å². The summed E-state index contributed by atoms with van der Waals surface area (Å²) in [5.41, 5.74) is 0.513. The summed E-state index contributed by atoms with van der Waals surface area (Å²) in [5.74, 6) is 2.37. The quantitative estimate of drug-likeness (QED) is 0.588. The summed E-state index contributed by atoms with van der Waals surface area (Å²) in [5, 5.41) is 10.4. The van der Waals surface area contributed by atoms with Gasteiger partial charge in [0, 0.05) is 24.6 Å². The molecule has 0 N–H and O–H groups in total. The second-order valence-electron chi connectivity index (χ2n) is 6.90. The Morgan fingerprint density at radius 2 is 1.80 bits per heavy atom. The molecule has 1 aliphatic heterocycles. The maximum atomic E-state index is 13.1. The Balaban J connectivity index is 1.45. The van der Waals surface area contributed by atoms with E-state index in [4.69, 9.17) is 18.6 Å². The fourth-order valence-electron chi connectivity index (χ4n) is 3.62. The summed E-state index contributed by atoms with van der Waals surface area (Å²) < 4.78 is 21.5. The van der Waals surface area contributed by atoms with E-state index in [1.54, 1.807) is 29.7 Å². The van der Waals surface area contributed by atoms with Crippen molar-refractivity contribution in [1.82, 2.24) is 15.1 Å². The molecule has 1 fully saturated rings. The predicted octanol–water partition coefficient (Wildman–Crippen LogP) is 3.84. The van der Waals surface area contributed by atoms with Gasteiger partial charge in [0.25, 0.3) is 5.91 Å². The Bertz CT molecular complexity index is 985. The number of likely N-dealkylation sites (tertiary alicyclic amines) is 1. The van der Waals surface area contributed by atoms with E-state index < -0.39 is 0 Å². The third kappa shape index (κ3) is 3.85. The van der Waals surface area contributed by atoms with Gasteiger partial charge in [-0.2, -0.15) is 0 Å². The fourth-order valence-corrected chi connectivity index (χ4v) is 4.60. The monoisotopic (exact) mass is 429 g/mol. The minimum Gasteiger partial charge on any atom is -0.493 e. The molecule has 2 aromatic heterocycles. The molecule has 0 spiro atoms. The Morgan fingerprint density at radius 3 is 2.37 bits per heavy atom. The van der Waals surface area contributed by atoms with Crippen LogP contribution in [0.3, 0.4) is 0 Å². The summed E-state index contributed by atoms with van der Waals surface area (Å²) in [6.45, 7) is 1.30. The molecule has 1 saturated heterocycles. The van der Waals surface area contributed by atoms with Crippen LogP contribution in [0.25, 0.3) is 10.8 Å². The number of ether oxygens (including phenoxy) is 3. The number of rotatable bonds is 6. The minimum atomic E-state index is -0.0544. The standard InChI is InChI=1S/C21H23N3O5S/c1-26-16-11-14(12-17(27-2)18(16)28-3)21(25)24-8-6-13(7-9-24)19-22-23-20(30-19)15-5-4-10-29-15/h4-5,10-13H,6-9H2,1-3H3. The molecule has 0 bridgehead atoms. The van der Waals surface area contributed by atoms with Crippen LogP contribution in [0.4, 0.5) is 0 Å². The lowest BCUT2D eigenvalue weighted by Gasteiger charge is -2.31. The molecule has 1 aliphatic rings. The number of nitrogens with zero attached hydrogens (tertiary/aromatic N) is 3. The highest BCUT2D eigenvalue weighted by Gasteiger charge is 2.28. The van der Waals surface area contributed by atoms with Crippen molar-refractivity contribution in [3.8, 4) is 28.0 Å². The Morgan fingerprint density at radius 1 is 1.10 bits per heavy atom. The smallest absolute Gasteiger partial charge is 0.254 e. The molecule has 0 radical (unpaired) electrons. The van der Waals surface area contributed by atoms with Crippen LogP contribution in [0, 0.1) is 0 Å². The number of furan rings is 1. The van der Waals surface area contributed by atoms with E-state index in [2.05, 4.69) is 10.2 Å². The molecule has 158 valence electrons. The number of piperidine rings is 1. The molecular weight excluding hydrogens is 406 g/mol. The Labute approximate surface area is 178 Å². The van der Waals surface area contributed by atoms with E-state index in [-0.39, 0.29) is 11.8 Å². The van der Waals surface area contributed by atoms with Crippen molar-refractivity contribution in [2.45, 2.75) is 18.8 Å². The molecule has 0 aliphatic carbocycles. The predicted molar refractivity (Wildman–Crippen MR) is 112 cm³/mol. The van der Waals surface area contributed by atoms with Crippen molar-refractivity contribution < 1.29 is 23.4 Å². The second kappa shape index (κ2) is 8.74. The molecule has 3 aromatic rings. The SMILES string of the molecule is COc1cc(C(=O)N2CCC(c3nnc(-c4ccco4)s3)CC2)cc(OC)c1OC. The molecule has 8 nitrogen and oxygen atoms in total. The third-order valence-corrected chi connectivity index (χ3v) is 6.32. The Kier molecular flexibility index (Phi) is 5.89. The summed E-state index contributed by atoms with van der Waals surface area (Å²) in [4.78, 5) is 14.9. The van der Waals surface area contributed by atoms with Crippen LogP contribution in [0.15, 0.2) is 34.9 Å². The van der Waals surface area contributed by atoms with Gasteiger partial charge in [0.2, 0.25) is 5.75 Å². The topological polar surface area (TPSA) is 86.9 Å². The van der Waals surface area contributed by atoms with Crippen LogP contribution in [0.5, 0.6) is 17.2 Å². The normalized spacial score (nSPS) is 14.6. The van der Waals surface area contributed by atoms with Gasteiger partial charge in [0.1, 0.15) is 5.01 Å². The highest BCUT2D eigenvalue weighted by molar-refractivity contribution is 7.14. The zero-order valence-corrected chi connectivity index (χ0v) is 17.9. The van der Waals surface area contributed by atoms with Crippen molar-refractivity contribution in [3.63, 3.8) is 0 Å². The molecule has 1 aromatic carbocycles. The minimum absolute atomic E-state index is 0.0544. The van der Waals surface area contributed by atoms with Gasteiger partial charge < -0.3 is 23.5 Å². The molecule has 3 heterocycles. The Hall–Kier alpha value is -3.07. The molecule has 0 atom stereocenters. The summed E-state index contributed by atoms with van der Waals surface area (Å²) in [7, 11) is 4.61. The molecular formula is C21H23N3O5S. The molecule has 0 saturated carbocycles. The van der Waals surface area contributed by atoms with E-state index in [1.807, 2.05) is 17.0 Å². The highest BCUT2D eigenvalue weighted by atomic mass is 32.1. The summed E-state index contributed by atoms with van der Waals surface area (Å²) in [6, 6.07) is 7.10. The van der Waals surface area contributed by atoms with Crippen LogP contribution in [-0.2, 0) is 0 Å². The first kappa shape index (κ1) is 20.2. The highest BCUT2D eigenvalue weighted by Crippen LogP contribution is 2.39. The van der Waals surface area contributed by atoms with Gasteiger partial charge in [-0.05, 0) is 37.1 Å². The van der Waals surface area contributed by atoms with Crippen LogP contribution in [-0.4, -0.2) is 55.4 Å². The average molecular weight is 429 g/mol. The lowest BCUT2D eigenvalue weighted by atomic mass is 9.97. The van der Waals surface area contributed by atoms with E-state index in [1.165, 1.54) is 21.3 Å². The largest absolute Gasteiger partial charge is 0.493 e. The lowest BCUT2D eigenvalue weighted by Crippen LogP contribution is -2.37. The van der Waals surface area contributed by atoms with Crippen molar-refractivity contribution in [2.24, 2.45) is 0 Å². The first-order chi connectivity index (χ1) is 14.6. The van der Waals surface area contributed by atoms with Crippen LogP contribution in [0.1, 0.15) is 34.1 Å². The summed E-state index contributed by atoms with van der Waals surface area (Å²) >= 11 is 1.55. The number of amides is 1. The molecule has 1 amide bonds. The lowest BCUT2D eigenvalue weighted by molar-refractivity contribution is 0.0712. The van der Waals surface area contributed by atoms with E-state index >= 15 is 0 Å². The van der Waals surface area contributed by atoms with Crippen molar-refractivity contribution in [2.75, 3.05) is 34.4 Å². The van der Waals surface area contributed by atoms with Gasteiger partial charge >= 0.3 is 0 Å². The number of carbonyl (C=O) groups is 1. The van der Waals surface area contributed by atoms with Gasteiger partial charge in [-0.1, -0.05) is 11.3 Å². The molecule has 0 unspecified atom stereocenters. The maximum Gasteiger partial charge on any atom is 0.254 e. The van der Waals surface area contributed by atoms with E-state index in [9.17, 15) is 4.79 Å². The number of hydrogen-bond donors (Lipinski definition) is 0. The molecule has 9 heteroatoms. The number of hydrogen-bond acceptors (Lipinski definition) is 8. The first-order valence-corrected chi connectivity index (χ1v) is 10.4. The van der Waals surface area contributed by atoms with Gasteiger partial charge in [0.05, 0.1) is 27.6 Å². The van der Waals surface area contributed by atoms with E-state index in [0.717, 1.165) is 28.6 Å². The first-order valence-electron chi connectivity index (χ1n) is 9.61. The van der Waals surface area contributed by atoms with Crippen molar-refractivity contribution >= 4 is 17.2 Å². The zero-order chi connectivity index (χ0) is 21.1. The number of carbonyl (C=O) groups excluding carboxylic acids is 1. The number of aromatic nitrogens is 2. The van der Waals surface area contributed by atoms with Crippen molar-refractivity contribution in [1.29, 1.82) is 0 Å². The third-order valence-electron chi connectivity index (χ3n) is 5.22. The molecule has 30 heavy (non-hydrogen) atoms. The van der Waals surface area contributed by atoms with Crippen LogP contribution >= 0.6 is 11.3 Å². The second-order valence-corrected chi connectivity index (χ2v) is 7.91. The van der Waals surface area contributed by atoms with Crippen LogP contribution < -0.4 is 14.2 Å². The number of methoxy groups -OCH3 is 3. The molecule has 4 rings (SSSR count). The zero-order valence-electron chi connectivity index (χ0n) is 17.1. The number of benzene rings is 1. The van der Waals surface area contributed by atoms with E-state index in [0.29, 0.717) is 35.9 Å². The van der Waals surface area contributed by atoms with Gasteiger partial charge in [-0.3, -0.25) is 4.79 Å². The summed E-state index contributed by atoms with van der Waals surface area (Å²) in [6.07, 6.45) is 3.30. The van der Waals surface area contributed by atoms with Crippen molar-refractivity contribution in [3.05, 3.63) is 41.1 Å². The van der Waals surface area contributed by atoms with Crippen LogP contribution in [0.2, 0.25) is 0 Å². The fraction of sp³-hybridized carbons (Fsp3) is 0.381. The van der Waals surface area contributed by atoms with Gasteiger partial charge in [0.15, 0.2) is 22.3 Å².